The molecule has 6 nitrogen and oxygen atoms in total. The van der Waals surface area contributed by atoms with Gasteiger partial charge in [-0.05, 0) is 62.7 Å². The number of nitrogens with one attached hydrogen (secondary N) is 1. The summed E-state index contributed by atoms with van der Waals surface area (Å²) in [5.41, 5.74) is 2.19. The van der Waals surface area contributed by atoms with Crippen molar-refractivity contribution in [3.8, 4) is 0 Å². The van der Waals surface area contributed by atoms with Crippen molar-refractivity contribution in [1.82, 2.24) is 24.7 Å². The van der Waals surface area contributed by atoms with Gasteiger partial charge in [-0.2, -0.15) is 0 Å². The zero-order chi connectivity index (χ0) is 19.5. The number of rotatable bonds is 7. The number of hydrogen-bond donors (Lipinski definition) is 1. The van der Waals surface area contributed by atoms with Gasteiger partial charge in [0.1, 0.15) is 5.76 Å². The average molecular weight is 396 g/mol. The molecule has 3 aromatic rings. The predicted octanol–water partition coefficient (Wildman–Crippen LogP) is 3.06. The van der Waals surface area contributed by atoms with E-state index in [-0.39, 0.29) is 12.1 Å². The van der Waals surface area contributed by atoms with E-state index in [0.717, 1.165) is 29.7 Å². The van der Waals surface area contributed by atoms with Gasteiger partial charge in [0.25, 0.3) is 0 Å². The number of hydrogen-bond acceptors (Lipinski definition) is 4. The highest BCUT2D eigenvalue weighted by Crippen LogP contribution is 2.38. The fourth-order valence-electron chi connectivity index (χ4n) is 3.69. The highest BCUT2D eigenvalue weighted by atomic mass is 32.1. The zero-order valence-electron chi connectivity index (χ0n) is 16.2. The Morgan fingerprint density at radius 1 is 1.18 bits per heavy atom. The summed E-state index contributed by atoms with van der Waals surface area (Å²) in [6.07, 6.45) is 5.64. The monoisotopic (exact) mass is 395 g/mol. The van der Waals surface area contributed by atoms with Crippen molar-refractivity contribution in [3.63, 3.8) is 0 Å². The molecule has 146 valence electrons. The van der Waals surface area contributed by atoms with Crippen molar-refractivity contribution in [2.45, 2.75) is 18.6 Å². The van der Waals surface area contributed by atoms with E-state index in [0.29, 0.717) is 6.54 Å². The van der Waals surface area contributed by atoms with Crippen molar-refractivity contribution in [2.75, 3.05) is 27.2 Å². The molecule has 1 N–H and O–H groups in total. The molecule has 2 atom stereocenters. The van der Waals surface area contributed by atoms with Gasteiger partial charge >= 0.3 is 0 Å². The molecule has 4 heterocycles. The molecule has 3 aromatic heterocycles. The minimum Gasteiger partial charge on any atom is -0.467 e. The van der Waals surface area contributed by atoms with E-state index in [1.165, 1.54) is 5.69 Å². The summed E-state index contributed by atoms with van der Waals surface area (Å²) >= 11 is 5.72. The maximum Gasteiger partial charge on any atom is 0.170 e. The Kier molecular flexibility index (Phi) is 5.45. The molecule has 28 heavy (non-hydrogen) atoms. The van der Waals surface area contributed by atoms with E-state index in [2.05, 4.69) is 63.2 Å². The molecule has 7 heteroatoms. The van der Waals surface area contributed by atoms with Crippen LogP contribution in [0.25, 0.3) is 0 Å². The fraction of sp³-hybridized carbons (Fsp3) is 0.333. The van der Waals surface area contributed by atoms with Crippen LogP contribution in [0.15, 0.2) is 65.5 Å². The van der Waals surface area contributed by atoms with Gasteiger partial charge in [0.05, 0.1) is 30.6 Å². The summed E-state index contributed by atoms with van der Waals surface area (Å²) in [5.74, 6) is 0.931. The lowest BCUT2D eigenvalue weighted by atomic mass is 10.0. The SMILES string of the molecule is CN(C)CCN1C(=S)N[C@@H](c2ccccn2)[C@@H]1c1cccn1Cc1ccco1. The van der Waals surface area contributed by atoms with E-state index >= 15 is 0 Å². The first kappa shape index (κ1) is 18.7. The normalized spacial score (nSPS) is 19.4. The van der Waals surface area contributed by atoms with Crippen molar-refractivity contribution in [1.29, 1.82) is 0 Å². The van der Waals surface area contributed by atoms with Crippen LogP contribution in [0, 0.1) is 0 Å². The molecular weight excluding hydrogens is 370 g/mol. The van der Waals surface area contributed by atoms with Crippen LogP contribution in [0.2, 0.25) is 0 Å². The molecule has 0 spiro atoms. The van der Waals surface area contributed by atoms with Crippen molar-refractivity contribution >= 4 is 17.3 Å². The largest absolute Gasteiger partial charge is 0.467 e. The summed E-state index contributed by atoms with van der Waals surface area (Å²) in [6, 6.07) is 14.3. The topological polar surface area (TPSA) is 49.5 Å². The lowest BCUT2D eigenvalue weighted by molar-refractivity contribution is 0.269. The molecule has 1 fully saturated rings. The van der Waals surface area contributed by atoms with Crippen LogP contribution in [0.3, 0.4) is 0 Å². The molecule has 0 radical (unpaired) electrons. The first-order valence-corrected chi connectivity index (χ1v) is 9.84. The van der Waals surface area contributed by atoms with Gasteiger partial charge in [0.15, 0.2) is 5.11 Å². The zero-order valence-corrected chi connectivity index (χ0v) is 17.0. The molecule has 0 amide bonds. The molecule has 0 aromatic carbocycles. The van der Waals surface area contributed by atoms with Crippen LogP contribution in [0.1, 0.15) is 29.2 Å². The van der Waals surface area contributed by atoms with E-state index in [4.69, 9.17) is 16.6 Å². The second-order valence-electron chi connectivity index (χ2n) is 7.26. The molecule has 4 rings (SSSR count). The van der Waals surface area contributed by atoms with E-state index < -0.39 is 0 Å². The maximum absolute atomic E-state index is 5.72. The van der Waals surface area contributed by atoms with Crippen molar-refractivity contribution in [2.24, 2.45) is 0 Å². The van der Waals surface area contributed by atoms with E-state index in [1.807, 2.05) is 30.5 Å². The molecular formula is C21H25N5OS. The predicted molar refractivity (Wildman–Crippen MR) is 113 cm³/mol. The van der Waals surface area contributed by atoms with Gasteiger partial charge < -0.3 is 24.1 Å². The van der Waals surface area contributed by atoms with Crippen molar-refractivity contribution in [3.05, 3.63) is 78.3 Å². The number of nitrogens with zero attached hydrogens (tertiary/aromatic N) is 4. The maximum atomic E-state index is 5.72. The molecule has 0 bridgehead atoms. The smallest absolute Gasteiger partial charge is 0.170 e. The minimum atomic E-state index is 0.00103. The first-order valence-electron chi connectivity index (χ1n) is 9.43. The summed E-state index contributed by atoms with van der Waals surface area (Å²) in [7, 11) is 4.16. The molecule has 1 saturated heterocycles. The Labute approximate surface area is 170 Å². The number of furan rings is 1. The van der Waals surface area contributed by atoms with E-state index in [1.54, 1.807) is 6.26 Å². The fourth-order valence-corrected chi connectivity index (χ4v) is 4.02. The van der Waals surface area contributed by atoms with Gasteiger partial charge in [-0.1, -0.05) is 6.07 Å². The summed E-state index contributed by atoms with van der Waals surface area (Å²) in [6.45, 7) is 2.46. The van der Waals surface area contributed by atoms with Crippen LogP contribution < -0.4 is 5.32 Å². The van der Waals surface area contributed by atoms with E-state index in [9.17, 15) is 0 Å². The molecule has 1 aliphatic heterocycles. The van der Waals surface area contributed by atoms with Crippen LogP contribution in [0.5, 0.6) is 0 Å². The molecule has 0 unspecified atom stereocenters. The standard InChI is InChI=1S/C21H25N5OS/c1-24(2)12-13-26-20(19(23-21(26)28)17-8-3-4-10-22-17)18-9-5-11-25(18)15-16-7-6-14-27-16/h3-11,14,19-20H,12-13,15H2,1-2H3,(H,23,28)/t19-,20-/m0/s1. The number of likely N-dealkylation sites (N-methyl/N-ethyl adjacent to an activating group) is 1. The average Bonchev–Trinajstić information content (AvgIpc) is 3.42. The number of aromatic nitrogens is 2. The quantitative estimate of drug-likeness (QED) is 0.621. The van der Waals surface area contributed by atoms with Gasteiger partial charge in [-0.25, -0.2) is 0 Å². The Bertz CT molecular complexity index is 906. The Morgan fingerprint density at radius 3 is 2.79 bits per heavy atom. The highest BCUT2D eigenvalue weighted by molar-refractivity contribution is 7.80. The van der Waals surface area contributed by atoms with Crippen LogP contribution in [-0.4, -0.2) is 51.6 Å². The first-order chi connectivity index (χ1) is 13.6. The number of pyridine rings is 1. The lowest BCUT2D eigenvalue weighted by Crippen LogP contribution is -2.36. The van der Waals surface area contributed by atoms with Crippen molar-refractivity contribution < 1.29 is 4.42 Å². The minimum absolute atomic E-state index is 0.00103. The second-order valence-corrected chi connectivity index (χ2v) is 7.65. The van der Waals surface area contributed by atoms with Gasteiger partial charge in [0, 0.05) is 31.2 Å². The van der Waals surface area contributed by atoms with Gasteiger partial charge in [-0.15, -0.1) is 0 Å². The molecule has 0 aliphatic carbocycles. The Balaban J connectivity index is 1.70. The Morgan fingerprint density at radius 2 is 2.07 bits per heavy atom. The number of thiocarbonyl (C=S) groups is 1. The van der Waals surface area contributed by atoms with Gasteiger partial charge in [0.2, 0.25) is 0 Å². The van der Waals surface area contributed by atoms with Gasteiger partial charge in [-0.3, -0.25) is 4.98 Å². The Hall–Kier alpha value is -2.64. The molecule has 1 aliphatic rings. The third-order valence-corrected chi connectivity index (χ3v) is 5.41. The third kappa shape index (κ3) is 3.81. The van der Waals surface area contributed by atoms with Crippen LogP contribution in [0.4, 0.5) is 0 Å². The highest BCUT2D eigenvalue weighted by Gasteiger charge is 2.40. The van der Waals surface area contributed by atoms with Crippen LogP contribution >= 0.6 is 12.2 Å². The lowest BCUT2D eigenvalue weighted by Gasteiger charge is -2.29. The summed E-state index contributed by atoms with van der Waals surface area (Å²) < 4.78 is 7.80. The molecule has 0 saturated carbocycles. The second kappa shape index (κ2) is 8.16. The van der Waals surface area contributed by atoms with Crippen LogP contribution in [-0.2, 0) is 6.54 Å². The third-order valence-electron chi connectivity index (χ3n) is 5.06. The summed E-state index contributed by atoms with van der Waals surface area (Å²) in [4.78, 5) is 9.06. The summed E-state index contributed by atoms with van der Waals surface area (Å²) in [5, 5.41) is 4.28.